The molecule has 0 bridgehead atoms. The Bertz CT molecular complexity index is 2080. The fourth-order valence-electron chi connectivity index (χ4n) is 7.84. The Labute approximate surface area is 422 Å². The maximum atomic E-state index is 14.7. The number of ether oxygens (including phenoxy) is 1. The maximum Gasteiger partial charge on any atom is 0.246 e. The molecule has 9 atom stereocenters. The van der Waals surface area contributed by atoms with Gasteiger partial charge in [0, 0.05) is 36.8 Å². The number of amides is 11. The van der Waals surface area contributed by atoms with Gasteiger partial charge in [0.15, 0.2) is 0 Å². The van der Waals surface area contributed by atoms with Crippen LogP contribution in [0.2, 0.25) is 0 Å². The predicted molar refractivity (Wildman–Crippen MR) is 266 cm³/mol. The maximum absolute atomic E-state index is 14.7. The molecular weight excluding hydrogens is 963 g/mol. The molecule has 0 radical (unpaired) electrons. The summed E-state index contributed by atoms with van der Waals surface area (Å²) < 4.78 is 5.26. The summed E-state index contributed by atoms with van der Waals surface area (Å²) in [7, 11) is 1.50. The van der Waals surface area contributed by atoms with E-state index in [9.17, 15) is 52.7 Å². The van der Waals surface area contributed by atoms with Crippen molar-refractivity contribution in [3.63, 3.8) is 0 Å². The molecule has 394 valence electrons. The number of hydrogen-bond donors (Lipinski definition) is 10. The number of thioether (sulfide) groups is 2. The van der Waals surface area contributed by atoms with E-state index in [0.717, 1.165) is 0 Å². The molecule has 71 heavy (non-hydrogen) atoms. The zero-order valence-corrected chi connectivity index (χ0v) is 42.8. The molecule has 1 aromatic rings. The first-order chi connectivity index (χ1) is 33.6. The standard InChI is InChI=1S/C46H71N11O12S2/c1-7-25(4)39-45(67)52-29(14-15-35(47)58)41(63)53-32(20-36(48)59)42(64)55-33(23-71-16-8-9-38(61)51-31(43(65)56-39)18-26-10-12-27(69-5)13-11-26)46(68)57-22-28(70-6)19-34(57)44(66)54-30(17-24(2)3)40(62)50-21-37(49)60/h10-13,24-25,28-34,39H,7-9,14-23H2,1-6H3,(H2,47,58)(H2,48,59)(H2,49,60)(H,50,62)(H,51,61)(H,52,67)(H,53,63)(H,54,66)(H,55,64)(H,56,65)/t25-,28+,29-,30-,31-,32-,33-,34-,39-/m0/s1. The lowest BCUT2D eigenvalue weighted by atomic mass is 9.96. The van der Waals surface area contributed by atoms with E-state index in [2.05, 4.69) is 37.2 Å². The van der Waals surface area contributed by atoms with Crippen molar-refractivity contribution in [3.8, 4) is 5.75 Å². The molecule has 23 nitrogen and oxygen atoms in total. The van der Waals surface area contributed by atoms with Gasteiger partial charge in [0.05, 0.1) is 20.1 Å². The van der Waals surface area contributed by atoms with Crippen LogP contribution in [-0.4, -0.2) is 155 Å². The molecule has 2 fully saturated rings. The minimum Gasteiger partial charge on any atom is -0.497 e. The second kappa shape index (κ2) is 29.3. The van der Waals surface area contributed by atoms with Gasteiger partial charge in [0.2, 0.25) is 65.0 Å². The van der Waals surface area contributed by atoms with Gasteiger partial charge in [0.25, 0.3) is 0 Å². The Morgan fingerprint density at radius 2 is 1.49 bits per heavy atom. The molecule has 0 saturated carbocycles. The smallest absolute Gasteiger partial charge is 0.246 e. The van der Waals surface area contributed by atoms with Gasteiger partial charge in [-0.3, -0.25) is 52.7 Å². The normalized spacial score (nSPS) is 23.9. The van der Waals surface area contributed by atoms with Crippen LogP contribution in [0.5, 0.6) is 5.75 Å². The van der Waals surface area contributed by atoms with Gasteiger partial charge in [-0.25, -0.2) is 0 Å². The number of likely N-dealkylation sites (tertiary alicyclic amines) is 1. The molecule has 13 N–H and O–H groups in total. The van der Waals surface area contributed by atoms with Crippen LogP contribution in [0.1, 0.15) is 84.6 Å². The Morgan fingerprint density at radius 3 is 2.08 bits per heavy atom. The van der Waals surface area contributed by atoms with Gasteiger partial charge >= 0.3 is 0 Å². The first-order valence-electron chi connectivity index (χ1n) is 23.5. The lowest BCUT2D eigenvalue weighted by Crippen LogP contribution is -2.61. The highest BCUT2D eigenvalue weighted by atomic mass is 32.2. The quantitative estimate of drug-likeness (QED) is 0.0706. The lowest BCUT2D eigenvalue weighted by Gasteiger charge is -2.31. The number of hydrogen-bond acceptors (Lipinski definition) is 14. The number of nitrogens with one attached hydrogen (secondary N) is 7. The number of nitrogens with two attached hydrogens (primary N) is 3. The van der Waals surface area contributed by atoms with E-state index in [-0.39, 0.29) is 67.7 Å². The molecular formula is C46H71N11O12S2. The fraction of sp³-hybridized carbons (Fsp3) is 0.630. The number of nitrogens with zero attached hydrogens (tertiary/aromatic N) is 1. The van der Waals surface area contributed by atoms with E-state index in [1.165, 1.54) is 35.5 Å². The van der Waals surface area contributed by atoms with Crippen LogP contribution in [0, 0.1) is 11.8 Å². The van der Waals surface area contributed by atoms with Gasteiger partial charge in [-0.05, 0) is 67.2 Å². The highest BCUT2D eigenvalue weighted by Crippen LogP contribution is 2.28. The lowest BCUT2D eigenvalue weighted by molar-refractivity contribution is -0.142. The third kappa shape index (κ3) is 19.5. The molecule has 25 heteroatoms. The highest BCUT2D eigenvalue weighted by Gasteiger charge is 2.43. The summed E-state index contributed by atoms with van der Waals surface area (Å²) in [5.74, 6) is -8.65. The Balaban J connectivity index is 2.07. The van der Waals surface area contributed by atoms with Crippen LogP contribution in [0.3, 0.4) is 0 Å². The van der Waals surface area contributed by atoms with E-state index in [0.29, 0.717) is 17.7 Å². The van der Waals surface area contributed by atoms with Crippen LogP contribution < -0.4 is 59.2 Å². The Kier molecular flexibility index (Phi) is 24.4. The molecule has 0 spiro atoms. The minimum atomic E-state index is -1.72. The topological polar surface area (TPSA) is 363 Å². The van der Waals surface area contributed by atoms with Crippen LogP contribution >= 0.6 is 23.5 Å². The SMILES string of the molecule is CC[C@H](C)[C@@H]1NC(=O)[C@H](Cc2ccc(OC)cc2)NC(=O)CCCSC[C@@H](C(=O)N2C[C@H](SC)C[C@H]2C(=O)N[C@@H](CC(C)C)C(=O)NCC(N)=O)NC(=O)[C@H](CC(N)=O)NC(=O)[C@H](CCC(N)=O)NC1=O. The molecule has 1 aromatic carbocycles. The van der Waals surface area contributed by atoms with E-state index < -0.39 is 133 Å². The van der Waals surface area contributed by atoms with Gasteiger partial charge < -0.3 is 64.1 Å². The fourth-order valence-corrected chi connectivity index (χ4v) is 9.50. The summed E-state index contributed by atoms with van der Waals surface area (Å²) in [4.78, 5) is 149. The predicted octanol–water partition coefficient (Wildman–Crippen LogP) is -2.16. The van der Waals surface area contributed by atoms with Gasteiger partial charge in [0.1, 0.15) is 48.0 Å². The molecule has 0 aliphatic carbocycles. The van der Waals surface area contributed by atoms with Crippen molar-refractivity contribution in [1.29, 1.82) is 0 Å². The number of primary amides is 3. The van der Waals surface area contributed by atoms with Crippen molar-refractivity contribution in [2.45, 2.75) is 133 Å². The number of carbonyl (C=O) groups excluding carboxylic acids is 11. The van der Waals surface area contributed by atoms with E-state index in [1.807, 2.05) is 13.8 Å². The molecule has 3 rings (SSSR count). The summed E-state index contributed by atoms with van der Waals surface area (Å²) in [6, 6.07) is -2.50. The molecule has 0 aromatic heterocycles. The number of rotatable bonds is 19. The summed E-state index contributed by atoms with van der Waals surface area (Å²) >= 11 is 2.58. The van der Waals surface area contributed by atoms with Crippen molar-refractivity contribution in [3.05, 3.63) is 29.8 Å². The summed E-state index contributed by atoms with van der Waals surface area (Å²) in [5.41, 5.74) is 16.9. The third-order valence-corrected chi connectivity index (χ3v) is 14.1. The van der Waals surface area contributed by atoms with Crippen molar-refractivity contribution >= 4 is 88.5 Å². The van der Waals surface area contributed by atoms with Crippen molar-refractivity contribution < 1.29 is 57.5 Å². The second-order valence-corrected chi connectivity index (χ2v) is 20.3. The zero-order chi connectivity index (χ0) is 52.9. The molecule has 2 aliphatic rings. The first kappa shape index (κ1) is 59.2. The number of benzene rings is 1. The number of methoxy groups -OCH3 is 1. The van der Waals surface area contributed by atoms with Crippen LogP contribution in [0.4, 0.5) is 0 Å². The zero-order valence-electron chi connectivity index (χ0n) is 41.2. The van der Waals surface area contributed by atoms with E-state index >= 15 is 0 Å². The molecule has 0 unspecified atom stereocenters. The van der Waals surface area contributed by atoms with Crippen LogP contribution in [-0.2, 0) is 59.2 Å². The van der Waals surface area contributed by atoms with Gasteiger partial charge in [-0.2, -0.15) is 23.5 Å². The van der Waals surface area contributed by atoms with Crippen molar-refractivity contribution in [2.24, 2.45) is 29.0 Å². The van der Waals surface area contributed by atoms with Crippen LogP contribution in [0.15, 0.2) is 24.3 Å². The van der Waals surface area contributed by atoms with Crippen LogP contribution in [0.25, 0.3) is 0 Å². The Morgan fingerprint density at radius 1 is 0.845 bits per heavy atom. The van der Waals surface area contributed by atoms with Gasteiger partial charge in [-0.15, -0.1) is 0 Å². The molecule has 2 heterocycles. The first-order valence-corrected chi connectivity index (χ1v) is 26.0. The van der Waals surface area contributed by atoms with Gasteiger partial charge in [-0.1, -0.05) is 46.2 Å². The summed E-state index contributed by atoms with van der Waals surface area (Å²) in [6.07, 6.45) is 1.18. The van der Waals surface area contributed by atoms with Crippen molar-refractivity contribution in [1.82, 2.24) is 42.1 Å². The minimum absolute atomic E-state index is 0.0212. The average molecular weight is 1030 g/mol. The number of carbonyl (C=O) groups is 11. The van der Waals surface area contributed by atoms with E-state index in [4.69, 9.17) is 21.9 Å². The monoisotopic (exact) mass is 1030 g/mol. The third-order valence-electron chi connectivity index (χ3n) is 11.9. The molecule has 11 amide bonds. The summed E-state index contributed by atoms with van der Waals surface area (Å²) in [5, 5.41) is 18.0. The molecule has 2 aliphatic heterocycles. The second-order valence-electron chi connectivity index (χ2n) is 18.1. The van der Waals surface area contributed by atoms with Crippen molar-refractivity contribution in [2.75, 3.05) is 38.0 Å². The summed E-state index contributed by atoms with van der Waals surface area (Å²) in [6.45, 7) is 6.73. The average Bonchev–Trinajstić information content (AvgIpc) is 3.76. The van der Waals surface area contributed by atoms with E-state index in [1.54, 1.807) is 44.4 Å². The highest BCUT2D eigenvalue weighted by molar-refractivity contribution is 7.99. The largest absolute Gasteiger partial charge is 0.497 e. The Hall–Kier alpha value is -6.11. The molecule has 2 saturated heterocycles.